The standard InChI is InChI=1S/C23H22N4O3/c1-13-7-9-14(10-8-13)27-22(29)18(21(28)25-23(27)30)20-19-16(11-12-26(20)2)15-5-3-4-6-17(15)24-19/h3-10,20,24,29H,11-12H2,1-2H3,(H,25,28,30)/p+1/t20-/m0/s1. The monoisotopic (exact) mass is 403 g/mol. The SMILES string of the molecule is Cc1ccc(-n2c(O)c([C@H]3c4[nH]c5ccccc5c4CC[NH+]3C)c(=O)[nH]c2=O)cc1. The molecule has 30 heavy (non-hydrogen) atoms. The number of aromatic amines is 2. The Morgan fingerprint density at radius 1 is 1.07 bits per heavy atom. The number of aryl methyl sites for hydroxylation is 1. The van der Waals surface area contributed by atoms with Gasteiger partial charge >= 0.3 is 5.69 Å². The molecule has 2 aromatic heterocycles. The fourth-order valence-electron chi connectivity index (χ4n) is 4.57. The average molecular weight is 403 g/mol. The number of para-hydroxylation sites is 1. The number of aromatic hydroxyl groups is 1. The van der Waals surface area contributed by atoms with E-state index in [4.69, 9.17) is 0 Å². The number of likely N-dealkylation sites (N-methyl/N-ethyl adjacent to an activating group) is 1. The van der Waals surface area contributed by atoms with Gasteiger partial charge in [-0.2, -0.15) is 0 Å². The number of nitrogens with one attached hydrogen (secondary N) is 3. The minimum atomic E-state index is -0.657. The van der Waals surface area contributed by atoms with Gasteiger partial charge in [0, 0.05) is 17.3 Å². The molecule has 5 rings (SSSR count). The van der Waals surface area contributed by atoms with Gasteiger partial charge in [0.25, 0.3) is 5.56 Å². The number of fused-ring (bicyclic) bond motifs is 3. The van der Waals surface area contributed by atoms with E-state index in [9.17, 15) is 14.7 Å². The number of aromatic nitrogens is 3. The fourth-order valence-corrected chi connectivity index (χ4v) is 4.57. The van der Waals surface area contributed by atoms with Gasteiger partial charge < -0.3 is 15.0 Å². The Bertz CT molecular complexity index is 1380. The first-order chi connectivity index (χ1) is 14.5. The smallest absolute Gasteiger partial charge is 0.335 e. The van der Waals surface area contributed by atoms with E-state index in [-0.39, 0.29) is 11.4 Å². The molecule has 4 N–H and O–H groups in total. The molecule has 0 saturated heterocycles. The fraction of sp³-hybridized carbons (Fsp3) is 0.217. The maximum atomic E-state index is 12.9. The first-order valence-corrected chi connectivity index (χ1v) is 10.0. The van der Waals surface area contributed by atoms with E-state index in [2.05, 4.69) is 16.0 Å². The van der Waals surface area contributed by atoms with Gasteiger partial charge in [0.2, 0.25) is 5.88 Å². The van der Waals surface area contributed by atoms with E-state index in [1.54, 1.807) is 12.1 Å². The largest absolute Gasteiger partial charge is 0.494 e. The molecule has 0 fully saturated rings. The minimum absolute atomic E-state index is 0.195. The zero-order valence-electron chi connectivity index (χ0n) is 16.8. The van der Waals surface area contributed by atoms with Gasteiger partial charge in [0.1, 0.15) is 5.56 Å². The molecular weight excluding hydrogens is 380 g/mol. The molecule has 7 heteroatoms. The third-order valence-electron chi connectivity index (χ3n) is 6.10. The zero-order valence-corrected chi connectivity index (χ0v) is 16.8. The maximum Gasteiger partial charge on any atom is 0.335 e. The third-order valence-corrected chi connectivity index (χ3v) is 6.10. The first-order valence-electron chi connectivity index (χ1n) is 10.0. The lowest BCUT2D eigenvalue weighted by Crippen LogP contribution is -3.10. The number of H-pyrrole nitrogens is 2. The van der Waals surface area contributed by atoms with Gasteiger partial charge in [0.15, 0.2) is 6.04 Å². The molecule has 7 nitrogen and oxygen atoms in total. The maximum absolute atomic E-state index is 12.9. The summed E-state index contributed by atoms with van der Waals surface area (Å²) in [5.74, 6) is -0.316. The van der Waals surface area contributed by atoms with E-state index in [0.29, 0.717) is 5.69 Å². The van der Waals surface area contributed by atoms with Gasteiger partial charge in [-0.05, 0) is 30.7 Å². The summed E-state index contributed by atoms with van der Waals surface area (Å²) in [4.78, 5) is 32.4. The minimum Gasteiger partial charge on any atom is -0.494 e. The highest BCUT2D eigenvalue weighted by molar-refractivity contribution is 5.85. The highest BCUT2D eigenvalue weighted by atomic mass is 16.3. The number of hydrogen-bond acceptors (Lipinski definition) is 3. The Morgan fingerprint density at radius 2 is 1.80 bits per heavy atom. The quantitative estimate of drug-likeness (QED) is 0.405. The van der Waals surface area contributed by atoms with Crippen molar-refractivity contribution in [3.63, 3.8) is 0 Å². The van der Waals surface area contributed by atoms with Gasteiger partial charge in [0.05, 0.1) is 25.0 Å². The number of hydrogen-bond donors (Lipinski definition) is 4. The second kappa shape index (κ2) is 6.74. The van der Waals surface area contributed by atoms with Crippen LogP contribution in [0.2, 0.25) is 0 Å². The molecule has 1 aliphatic rings. The second-order valence-corrected chi connectivity index (χ2v) is 8.01. The second-order valence-electron chi connectivity index (χ2n) is 8.01. The van der Waals surface area contributed by atoms with Crippen LogP contribution < -0.4 is 16.1 Å². The van der Waals surface area contributed by atoms with Crippen molar-refractivity contribution in [2.24, 2.45) is 0 Å². The van der Waals surface area contributed by atoms with Crippen LogP contribution in [0.4, 0.5) is 0 Å². The number of quaternary nitrogens is 1. The molecule has 0 bridgehead atoms. The van der Waals surface area contributed by atoms with Crippen molar-refractivity contribution < 1.29 is 10.0 Å². The number of benzene rings is 2. The Kier molecular flexibility index (Phi) is 4.15. The van der Waals surface area contributed by atoms with Crippen LogP contribution in [0.15, 0.2) is 58.1 Å². The van der Waals surface area contributed by atoms with Gasteiger partial charge in [-0.1, -0.05) is 35.9 Å². The first kappa shape index (κ1) is 18.4. The summed E-state index contributed by atoms with van der Waals surface area (Å²) in [5.41, 5.74) is 3.60. The molecule has 2 aromatic carbocycles. The normalized spacial score (nSPS) is 18.5. The van der Waals surface area contributed by atoms with E-state index < -0.39 is 17.3 Å². The van der Waals surface area contributed by atoms with Crippen LogP contribution in [0.5, 0.6) is 5.88 Å². The molecule has 0 aliphatic carbocycles. The summed E-state index contributed by atoms with van der Waals surface area (Å²) >= 11 is 0. The van der Waals surface area contributed by atoms with Crippen LogP contribution in [0.3, 0.4) is 0 Å². The lowest BCUT2D eigenvalue weighted by atomic mass is 9.94. The predicted molar refractivity (Wildman–Crippen MR) is 115 cm³/mol. The highest BCUT2D eigenvalue weighted by Gasteiger charge is 2.37. The van der Waals surface area contributed by atoms with Crippen LogP contribution in [-0.2, 0) is 6.42 Å². The lowest BCUT2D eigenvalue weighted by molar-refractivity contribution is -0.908. The Labute approximate surface area is 172 Å². The van der Waals surface area contributed by atoms with Crippen molar-refractivity contribution in [2.45, 2.75) is 19.4 Å². The summed E-state index contributed by atoms with van der Waals surface area (Å²) in [6, 6.07) is 14.9. The van der Waals surface area contributed by atoms with Crippen molar-refractivity contribution in [3.8, 4) is 11.6 Å². The average Bonchev–Trinajstić information content (AvgIpc) is 3.09. The Balaban J connectivity index is 1.77. The van der Waals surface area contributed by atoms with E-state index in [0.717, 1.165) is 45.6 Å². The van der Waals surface area contributed by atoms with Crippen LogP contribution in [0, 0.1) is 6.92 Å². The molecule has 0 amide bonds. The highest BCUT2D eigenvalue weighted by Crippen LogP contribution is 2.33. The van der Waals surface area contributed by atoms with Crippen LogP contribution >= 0.6 is 0 Å². The molecule has 3 heterocycles. The Morgan fingerprint density at radius 3 is 2.57 bits per heavy atom. The van der Waals surface area contributed by atoms with Crippen molar-refractivity contribution in [1.29, 1.82) is 0 Å². The molecule has 2 atom stereocenters. The van der Waals surface area contributed by atoms with Crippen molar-refractivity contribution in [3.05, 3.63) is 91.8 Å². The van der Waals surface area contributed by atoms with E-state index >= 15 is 0 Å². The molecule has 1 aliphatic heterocycles. The molecule has 0 saturated carbocycles. The van der Waals surface area contributed by atoms with E-state index in [1.807, 2.05) is 44.3 Å². The van der Waals surface area contributed by atoms with Crippen molar-refractivity contribution in [2.75, 3.05) is 13.6 Å². The third kappa shape index (κ3) is 2.70. The number of rotatable bonds is 2. The summed E-state index contributed by atoms with van der Waals surface area (Å²) in [6.07, 6.45) is 0.873. The molecule has 1 unspecified atom stereocenters. The molecule has 152 valence electrons. The summed E-state index contributed by atoms with van der Waals surface area (Å²) in [6.45, 7) is 2.75. The van der Waals surface area contributed by atoms with E-state index in [1.165, 1.54) is 4.57 Å². The van der Waals surface area contributed by atoms with Gasteiger partial charge in [-0.25, -0.2) is 9.36 Å². The molecule has 0 radical (unpaired) electrons. The summed E-state index contributed by atoms with van der Waals surface area (Å²) in [7, 11) is 2.00. The van der Waals surface area contributed by atoms with Crippen molar-refractivity contribution in [1.82, 2.24) is 14.5 Å². The molecule has 4 aromatic rings. The number of nitrogens with zero attached hydrogens (tertiary/aromatic N) is 1. The van der Waals surface area contributed by atoms with Crippen LogP contribution in [0.25, 0.3) is 16.6 Å². The van der Waals surface area contributed by atoms with Gasteiger partial charge in [-0.15, -0.1) is 0 Å². The van der Waals surface area contributed by atoms with Crippen molar-refractivity contribution >= 4 is 10.9 Å². The lowest BCUT2D eigenvalue weighted by Gasteiger charge is -2.30. The molecule has 0 spiro atoms. The Hall–Kier alpha value is -3.58. The topological polar surface area (TPSA) is 95.3 Å². The summed E-state index contributed by atoms with van der Waals surface area (Å²) < 4.78 is 1.17. The predicted octanol–water partition coefficient (Wildman–Crippen LogP) is 1.18. The summed E-state index contributed by atoms with van der Waals surface area (Å²) in [5, 5.41) is 12.3. The zero-order chi connectivity index (χ0) is 21.0. The van der Waals surface area contributed by atoms with Crippen LogP contribution in [0.1, 0.15) is 28.4 Å². The van der Waals surface area contributed by atoms with Crippen LogP contribution in [-0.4, -0.2) is 33.2 Å². The van der Waals surface area contributed by atoms with Gasteiger partial charge in [-0.3, -0.25) is 9.78 Å². The molecular formula is C23H23N4O3+.